The van der Waals surface area contributed by atoms with Crippen molar-refractivity contribution in [3.8, 4) is 5.75 Å². The lowest BCUT2D eigenvalue weighted by molar-refractivity contribution is 0.254. The highest BCUT2D eigenvalue weighted by Gasteiger charge is 2.02. The first-order valence-corrected chi connectivity index (χ1v) is 5.21. The van der Waals surface area contributed by atoms with Crippen LogP contribution in [0.1, 0.15) is 12.8 Å². The van der Waals surface area contributed by atoms with Crippen LogP contribution in [0.5, 0.6) is 5.75 Å². The summed E-state index contributed by atoms with van der Waals surface area (Å²) in [6.07, 6.45) is 3.56. The minimum absolute atomic E-state index is 0.233. The number of ether oxygens (including phenoxy) is 1. The normalized spacial score (nSPS) is 10.7. The maximum atomic E-state index is 8.63. The average molecular weight is 205 g/mol. The van der Waals surface area contributed by atoms with Gasteiger partial charge in [0.05, 0.1) is 6.61 Å². The highest BCUT2D eigenvalue weighted by molar-refractivity contribution is 5.85. The number of hydrogen-bond donors (Lipinski definition) is 2. The summed E-state index contributed by atoms with van der Waals surface area (Å²) in [5, 5.41) is 9.75. The molecule has 2 N–H and O–H groups in total. The van der Waals surface area contributed by atoms with E-state index in [1.165, 1.54) is 0 Å². The Balaban J connectivity index is 2.02. The largest absolute Gasteiger partial charge is 0.491 e. The second-order valence-electron chi connectivity index (χ2n) is 3.48. The van der Waals surface area contributed by atoms with E-state index in [1.54, 1.807) is 0 Å². The number of fused-ring (bicyclic) bond motifs is 1. The second kappa shape index (κ2) is 4.84. The van der Waals surface area contributed by atoms with Crippen LogP contribution in [0.15, 0.2) is 30.5 Å². The minimum atomic E-state index is 0.233. The number of aliphatic hydroxyl groups is 1. The van der Waals surface area contributed by atoms with E-state index in [0.717, 1.165) is 29.5 Å². The van der Waals surface area contributed by atoms with Crippen molar-refractivity contribution in [3.63, 3.8) is 0 Å². The second-order valence-corrected chi connectivity index (χ2v) is 3.48. The van der Waals surface area contributed by atoms with E-state index < -0.39 is 0 Å². The van der Waals surface area contributed by atoms with Gasteiger partial charge in [0.25, 0.3) is 0 Å². The van der Waals surface area contributed by atoms with Gasteiger partial charge in [-0.2, -0.15) is 0 Å². The molecule has 1 aromatic heterocycles. The number of aliphatic hydroxyl groups excluding tert-OH is 1. The van der Waals surface area contributed by atoms with E-state index >= 15 is 0 Å². The van der Waals surface area contributed by atoms with Crippen molar-refractivity contribution in [2.45, 2.75) is 12.8 Å². The summed E-state index contributed by atoms with van der Waals surface area (Å²) >= 11 is 0. The van der Waals surface area contributed by atoms with Crippen molar-refractivity contribution in [2.24, 2.45) is 0 Å². The third-order valence-electron chi connectivity index (χ3n) is 2.36. The molecule has 3 nitrogen and oxygen atoms in total. The van der Waals surface area contributed by atoms with Crippen LogP contribution in [0.3, 0.4) is 0 Å². The van der Waals surface area contributed by atoms with Gasteiger partial charge in [-0.15, -0.1) is 0 Å². The number of aromatic amines is 1. The fraction of sp³-hybridized carbons (Fsp3) is 0.333. The van der Waals surface area contributed by atoms with Crippen LogP contribution >= 0.6 is 0 Å². The molecule has 0 spiro atoms. The van der Waals surface area contributed by atoms with Gasteiger partial charge in [0, 0.05) is 23.7 Å². The molecule has 1 heterocycles. The number of unbranched alkanes of at least 4 members (excludes halogenated alkanes) is 1. The first-order valence-electron chi connectivity index (χ1n) is 5.21. The Morgan fingerprint density at radius 3 is 2.93 bits per heavy atom. The molecule has 0 saturated carbocycles. The molecule has 0 aliphatic carbocycles. The number of H-pyrrole nitrogens is 1. The summed E-state index contributed by atoms with van der Waals surface area (Å²) in [6, 6.07) is 8.05. The molecule has 80 valence electrons. The van der Waals surface area contributed by atoms with E-state index in [9.17, 15) is 0 Å². The molecule has 2 aromatic rings. The highest BCUT2D eigenvalue weighted by Crippen LogP contribution is 2.24. The zero-order valence-corrected chi connectivity index (χ0v) is 8.57. The highest BCUT2D eigenvalue weighted by atomic mass is 16.5. The number of rotatable bonds is 5. The summed E-state index contributed by atoms with van der Waals surface area (Å²) in [5.41, 5.74) is 1.09. The van der Waals surface area contributed by atoms with E-state index in [-0.39, 0.29) is 6.61 Å². The maximum Gasteiger partial charge on any atom is 0.144 e. The molecule has 15 heavy (non-hydrogen) atoms. The molecule has 0 fully saturated rings. The Kier molecular flexibility index (Phi) is 3.25. The first-order chi connectivity index (χ1) is 7.42. The third kappa shape index (κ3) is 2.30. The molecule has 1 aromatic carbocycles. The summed E-state index contributed by atoms with van der Waals surface area (Å²) in [5.74, 6) is 0.892. The quantitative estimate of drug-likeness (QED) is 0.736. The zero-order valence-electron chi connectivity index (χ0n) is 8.57. The lowest BCUT2D eigenvalue weighted by Crippen LogP contribution is -1.97. The van der Waals surface area contributed by atoms with Crippen molar-refractivity contribution in [1.29, 1.82) is 0 Å². The Hall–Kier alpha value is -1.48. The number of aromatic nitrogens is 1. The predicted octanol–water partition coefficient (Wildman–Crippen LogP) is 2.32. The van der Waals surface area contributed by atoms with Crippen LogP contribution in [0.25, 0.3) is 10.9 Å². The van der Waals surface area contributed by atoms with Crippen molar-refractivity contribution in [1.82, 2.24) is 4.98 Å². The molecular weight excluding hydrogens is 190 g/mol. The smallest absolute Gasteiger partial charge is 0.144 e. The van der Waals surface area contributed by atoms with Gasteiger partial charge in [0.2, 0.25) is 0 Å². The van der Waals surface area contributed by atoms with Crippen LogP contribution in [0.2, 0.25) is 0 Å². The first kappa shape index (κ1) is 10.1. The van der Waals surface area contributed by atoms with E-state index in [4.69, 9.17) is 9.84 Å². The maximum absolute atomic E-state index is 8.63. The van der Waals surface area contributed by atoms with Gasteiger partial charge >= 0.3 is 0 Å². The molecule has 0 radical (unpaired) electrons. The molecule has 0 aliphatic heterocycles. The Bertz CT molecular complexity index is 422. The Morgan fingerprint density at radius 1 is 1.20 bits per heavy atom. The molecule has 3 heteroatoms. The third-order valence-corrected chi connectivity index (χ3v) is 2.36. The van der Waals surface area contributed by atoms with Crippen molar-refractivity contribution in [3.05, 3.63) is 30.5 Å². The minimum Gasteiger partial charge on any atom is -0.491 e. The van der Waals surface area contributed by atoms with Gasteiger partial charge in [-0.25, -0.2) is 0 Å². The molecule has 0 amide bonds. The molecule has 2 rings (SSSR count). The van der Waals surface area contributed by atoms with E-state index in [1.807, 2.05) is 30.5 Å². The summed E-state index contributed by atoms with van der Waals surface area (Å²) in [4.78, 5) is 3.15. The monoisotopic (exact) mass is 205 g/mol. The number of para-hydroxylation sites is 1. The van der Waals surface area contributed by atoms with Crippen molar-refractivity contribution in [2.75, 3.05) is 13.2 Å². The fourth-order valence-corrected chi connectivity index (χ4v) is 1.56. The standard InChI is InChI=1S/C12H15NO2/c14-7-3-4-8-15-12-9-13-11-6-2-1-5-10(11)12/h1-2,5-6,9,13-14H,3-4,7-8H2. The van der Waals surface area contributed by atoms with Crippen LogP contribution in [-0.4, -0.2) is 23.3 Å². The van der Waals surface area contributed by atoms with E-state index in [0.29, 0.717) is 6.61 Å². The summed E-state index contributed by atoms with van der Waals surface area (Å²) < 4.78 is 5.62. The molecule has 0 saturated heterocycles. The van der Waals surface area contributed by atoms with Crippen LogP contribution in [-0.2, 0) is 0 Å². The Labute approximate surface area is 88.7 Å². The topological polar surface area (TPSA) is 45.2 Å². The van der Waals surface area contributed by atoms with Gasteiger partial charge in [-0.1, -0.05) is 12.1 Å². The SMILES string of the molecule is OCCCCOc1c[nH]c2ccccc12. The number of nitrogens with one attached hydrogen (secondary N) is 1. The molecule has 0 bridgehead atoms. The van der Waals surface area contributed by atoms with Gasteiger partial charge in [0.15, 0.2) is 0 Å². The van der Waals surface area contributed by atoms with Crippen LogP contribution in [0.4, 0.5) is 0 Å². The van der Waals surface area contributed by atoms with Gasteiger partial charge in [0.1, 0.15) is 5.75 Å². The number of benzene rings is 1. The molecule has 0 aliphatic rings. The Morgan fingerprint density at radius 2 is 2.07 bits per heavy atom. The van der Waals surface area contributed by atoms with E-state index in [2.05, 4.69) is 4.98 Å². The van der Waals surface area contributed by atoms with Gasteiger partial charge in [-0.3, -0.25) is 0 Å². The van der Waals surface area contributed by atoms with Crippen molar-refractivity contribution >= 4 is 10.9 Å². The lowest BCUT2D eigenvalue weighted by atomic mass is 10.2. The summed E-state index contributed by atoms with van der Waals surface area (Å²) in [7, 11) is 0. The van der Waals surface area contributed by atoms with Crippen LogP contribution < -0.4 is 4.74 Å². The average Bonchev–Trinajstić information content (AvgIpc) is 2.68. The lowest BCUT2D eigenvalue weighted by Gasteiger charge is -2.03. The van der Waals surface area contributed by atoms with Gasteiger partial charge in [-0.05, 0) is 25.0 Å². The fourth-order valence-electron chi connectivity index (χ4n) is 1.56. The molecule has 0 atom stereocenters. The van der Waals surface area contributed by atoms with Crippen LogP contribution in [0, 0.1) is 0 Å². The zero-order chi connectivity index (χ0) is 10.5. The number of hydrogen-bond acceptors (Lipinski definition) is 2. The molecular formula is C12H15NO2. The van der Waals surface area contributed by atoms with Crippen molar-refractivity contribution < 1.29 is 9.84 Å². The van der Waals surface area contributed by atoms with Gasteiger partial charge < -0.3 is 14.8 Å². The summed E-state index contributed by atoms with van der Waals surface area (Å²) in [6.45, 7) is 0.889. The predicted molar refractivity (Wildman–Crippen MR) is 60.1 cm³/mol. The molecule has 0 unspecified atom stereocenters.